The minimum absolute atomic E-state index is 0.240. The summed E-state index contributed by atoms with van der Waals surface area (Å²) in [6, 6.07) is 0.657. The van der Waals surface area contributed by atoms with Gasteiger partial charge >= 0.3 is 0 Å². The van der Waals surface area contributed by atoms with Crippen molar-refractivity contribution < 1.29 is 10.2 Å². The SMILES string of the molecule is CC.C\C=C/C=c1/c2c(n(CC(O)O)/c1=C/C)CN1CCCC1C2. The van der Waals surface area contributed by atoms with Crippen LogP contribution < -0.4 is 10.6 Å². The highest BCUT2D eigenvalue weighted by Crippen LogP contribution is 2.28. The first-order chi connectivity index (χ1) is 11.7. The Morgan fingerprint density at radius 2 is 2.00 bits per heavy atom. The van der Waals surface area contributed by atoms with Gasteiger partial charge in [0.15, 0.2) is 6.29 Å². The lowest BCUT2D eigenvalue weighted by molar-refractivity contribution is -0.0525. The van der Waals surface area contributed by atoms with Crippen molar-refractivity contribution in [3.05, 3.63) is 34.0 Å². The van der Waals surface area contributed by atoms with Crippen LogP contribution in [-0.2, 0) is 19.5 Å². The molecule has 2 aliphatic heterocycles. The van der Waals surface area contributed by atoms with Crippen LogP contribution in [-0.4, -0.2) is 38.6 Å². The summed E-state index contributed by atoms with van der Waals surface area (Å²) in [6.07, 6.45) is 10.7. The van der Waals surface area contributed by atoms with Crippen molar-refractivity contribution in [2.24, 2.45) is 0 Å². The number of aliphatic hydroxyl groups is 2. The second-order valence-electron chi connectivity index (χ2n) is 6.27. The van der Waals surface area contributed by atoms with E-state index in [1.807, 2.05) is 33.8 Å². The largest absolute Gasteiger partial charge is 0.367 e. The summed E-state index contributed by atoms with van der Waals surface area (Å²) < 4.78 is 2.10. The Labute approximate surface area is 145 Å². The highest BCUT2D eigenvalue weighted by atomic mass is 16.5. The van der Waals surface area contributed by atoms with Gasteiger partial charge in [-0.15, -0.1) is 0 Å². The van der Waals surface area contributed by atoms with E-state index < -0.39 is 6.29 Å². The molecule has 0 saturated carbocycles. The third-order valence-electron chi connectivity index (χ3n) is 4.93. The molecule has 0 bridgehead atoms. The van der Waals surface area contributed by atoms with Gasteiger partial charge in [0.2, 0.25) is 0 Å². The van der Waals surface area contributed by atoms with Gasteiger partial charge in [-0.2, -0.15) is 0 Å². The number of fused-ring (bicyclic) bond motifs is 2. The Morgan fingerprint density at radius 1 is 1.25 bits per heavy atom. The maximum absolute atomic E-state index is 9.48. The lowest BCUT2D eigenvalue weighted by Gasteiger charge is -2.31. The fourth-order valence-corrected chi connectivity index (χ4v) is 4.00. The molecule has 1 fully saturated rings. The molecule has 4 nitrogen and oxygen atoms in total. The third kappa shape index (κ3) is 3.66. The summed E-state index contributed by atoms with van der Waals surface area (Å²) in [6.45, 7) is 10.4. The molecule has 24 heavy (non-hydrogen) atoms. The van der Waals surface area contributed by atoms with Gasteiger partial charge in [-0.3, -0.25) is 4.90 Å². The Kier molecular flexibility index (Phi) is 6.84. The predicted octanol–water partition coefficient (Wildman–Crippen LogP) is 1.50. The van der Waals surface area contributed by atoms with Crippen molar-refractivity contribution in [3.63, 3.8) is 0 Å². The van der Waals surface area contributed by atoms with E-state index in [0.717, 1.165) is 24.9 Å². The molecule has 2 N–H and O–H groups in total. The van der Waals surface area contributed by atoms with Crippen LogP contribution in [0.4, 0.5) is 0 Å². The number of aliphatic hydroxyl groups excluding tert-OH is 1. The summed E-state index contributed by atoms with van der Waals surface area (Å²) in [5, 5.41) is 21.3. The first kappa shape index (κ1) is 19.0. The molecule has 1 aromatic rings. The Balaban J connectivity index is 0.00000100. The number of aromatic nitrogens is 1. The van der Waals surface area contributed by atoms with Gasteiger partial charge in [0.1, 0.15) is 0 Å². The zero-order chi connectivity index (χ0) is 17.7. The fourth-order valence-electron chi connectivity index (χ4n) is 4.00. The Morgan fingerprint density at radius 3 is 2.62 bits per heavy atom. The zero-order valence-corrected chi connectivity index (χ0v) is 15.5. The van der Waals surface area contributed by atoms with E-state index in [1.165, 1.54) is 29.3 Å². The average molecular weight is 332 g/mol. The van der Waals surface area contributed by atoms with Gasteiger partial charge in [0.05, 0.1) is 6.54 Å². The first-order valence-electron chi connectivity index (χ1n) is 9.25. The molecule has 3 heterocycles. The number of nitrogens with zero attached hydrogens (tertiary/aromatic N) is 2. The van der Waals surface area contributed by atoms with Gasteiger partial charge in [-0.05, 0) is 45.2 Å². The Bertz CT molecular complexity index is 685. The topological polar surface area (TPSA) is 48.6 Å². The molecular formula is C20H32N2O2. The van der Waals surface area contributed by atoms with Crippen molar-refractivity contribution in [2.45, 2.75) is 72.4 Å². The second kappa shape index (κ2) is 8.65. The summed E-state index contributed by atoms with van der Waals surface area (Å²) in [5.74, 6) is 0. The van der Waals surface area contributed by atoms with Crippen molar-refractivity contribution >= 4 is 12.2 Å². The maximum atomic E-state index is 9.48. The molecule has 2 aliphatic rings. The van der Waals surface area contributed by atoms with E-state index in [9.17, 15) is 10.2 Å². The monoisotopic (exact) mass is 332 g/mol. The molecule has 1 saturated heterocycles. The average Bonchev–Trinajstić information content (AvgIpc) is 3.15. The summed E-state index contributed by atoms with van der Waals surface area (Å²) in [7, 11) is 0. The van der Waals surface area contributed by atoms with E-state index in [-0.39, 0.29) is 6.54 Å². The molecule has 0 spiro atoms. The predicted molar refractivity (Wildman–Crippen MR) is 99.8 cm³/mol. The van der Waals surface area contributed by atoms with E-state index in [2.05, 4.69) is 27.7 Å². The van der Waals surface area contributed by atoms with Gasteiger partial charge in [0.25, 0.3) is 0 Å². The number of allylic oxidation sites excluding steroid dienone is 2. The minimum Gasteiger partial charge on any atom is -0.367 e. The molecule has 0 amide bonds. The fraction of sp³-hybridized carbons (Fsp3) is 0.600. The number of rotatable bonds is 3. The van der Waals surface area contributed by atoms with Crippen LogP contribution in [0.15, 0.2) is 12.2 Å². The van der Waals surface area contributed by atoms with Gasteiger partial charge in [0, 0.05) is 28.8 Å². The van der Waals surface area contributed by atoms with Crippen LogP contribution in [0.3, 0.4) is 0 Å². The molecule has 1 atom stereocenters. The summed E-state index contributed by atoms with van der Waals surface area (Å²) in [4.78, 5) is 2.54. The molecule has 1 unspecified atom stereocenters. The minimum atomic E-state index is -1.32. The molecule has 4 heteroatoms. The lowest BCUT2D eigenvalue weighted by atomic mass is 9.98. The number of hydrogen-bond donors (Lipinski definition) is 2. The summed E-state index contributed by atoms with van der Waals surface area (Å²) >= 11 is 0. The third-order valence-corrected chi connectivity index (χ3v) is 4.93. The molecular weight excluding hydrogens is 300 g/mol. The second-order valence-corrected chi connectivity index (χ2v) is 6.27. The van der Waals surface area contributed by atoms with Crippen molar-refractivity contribution in [2.75, 3.05) is 6.54 Å². The quantitative estimate of drug-likeness (QED) is 0.825. The normalized spacial score (nSPS) is 22.0. The van der Waals surface area contributed by atoms with Crippen LogP contribution in [0, 0.1) is 0 Å². The van der Waals surface area contributed by atoms with Crippen molar-refractivity contribution in [1.82, 2.24) is 9.47 Å². The highest BCUT2D eigenvalue weighted by Gasteiger charge is 2.32. The van der Waals surface area contributed by atoms with E-state index in [4.69, 9.17) is 0 Å². The van der Waals surface area contributed by atoms with E-state index in [0.29, 0.717) is 6.04 Å². The van der Waals surface area contributed by atoms with Gasteiger partial charge in [-0.1, -0.05) is 38.2 Å². The van der Waals surface area contributed by atoms with Gasteiger partial charge in [-0.25, -0.2) is 0 Å². The number of hydrogen-bond acceptors (Lipinski definition) is 3. The Hall–Kier alpha value is -1.36. The molecule has 1 aromatic heterocycles. The van der Waals surface area contributed by atoms with Crippen LogP contribution in [0.2, 0.25) is 0 Å². The van der Waals surface area contributed by atoms with Crippen LogP contribution >= 0.6 is 0 Å². The van der Waals surface area contributed by atoms with Crippen molar-refractivity contribution in [1.29, 1.82) is 0 Å². The molecule has 0 aliphatic carbocycles. The smallest absolute Gasteiger partial charge is 0.169 e. The van der Waals surface area contributed by atoms with E-state index >= 15 is 0 Å². The lowest BCUT2D eigenvalue weighted by Crippen LogP contribution is -2.37. The molecule has 134 valence electrons. The van der Waals surface area contributed by atoms with Crippen molar-refractivity contribution in [3.8, 4) is 0 Å². The summed E-state index contributed by atoms with van der Waals surface area (Å²) in [5.41, 5.74) is 2.66. The van der Waals surface area contributed by atoms with Crippen LogP contribution in [0.5, 0.6) is 0 Å². The molecule has 0 radical (unpaired) electrons. The molecule has 0 aromatic carbocycles. The highest BCUT2D eigenvalue weighted by molar-refractivity contribution is 5.45. The van der Waals surface area contributed by atoms with Crippen LogP contribution in [0.25, 0.3) is 12.2 Å². The standard InChI is InChI=1S/C18H26N2O2.C2H6/c1-3-5-8-14-15-10-13-7-6-9-19(13)11-17(15)20(12-18(21)22)16(14)4-2;1-2/h3-5,8,13,18,21-22H,6-7,9-12H2,1-2H3;1-2H3/b5-3-,14-8-,16-4+;. The maximum Gasteiger partial charge on any atom is 0.169 e. The first-order valence-corrected chi connectivity index (χ1v) is 9.25. The van der Waals surface area contributed by atoms with Crippen LogP contribution in [0.1, 0.15) is 51.8 Å². The van der Waals surface area contributed by atoms with Gasteiger partial charge < -0.3 is 14.8 Å². The zero-order valence-electron chi connectivity index (χ0n) is 15.5. The molecule has 3 rings (SSSR count). The van der Waals surface area contributed by atoms with E-state index in [1.54, 1.807) is 0 Å².